The van der Waals surface area contributed by atoms with Crippen LogP contribution < -0.4 is 9.47 Å². The fourth-order valence-electron chi connectivity index (χ4n) is 2.38. The van der Waals surface area contributed by atoms with Gasteiger partial charge in [0.25, 0.3) is 0 Å². The minimum absolute atomic E-state index is 0.0559. The molecule has 1 aromatic carbocycles. The van der Waals surface area contributed by atoms with E-state index in [1.807, 2.05) is 17.8 Å². The average molecular weight is 320 g/mol. The van der Waals surface area contributed by atoms with Crippen LogP contribution in [0.25, 0.3) is 0 Å². The van der Waals surface area contributed by atoms with Crippen LogP contribution in [0.1, 0.15) is 25.7 Å². The zero-order chi connectivity index (χ0) is 14.8. The smallest absolute Gasteiger partial charge is 0.203 e. The van der Waals surface area contributed by atoms with E-state index in [2.05, 4.69) is 0 Å². The van der Waals surface area contributed by atoms with Crippen molar-refractivity contribution in [2.75, 3.05) is 20.0 Å². The molecule has 1 aliphatic heterocycles. The lowest BCUT2D eigenvalue weighted by molar-refractivity contribution is 0.104. The summed E-state index contributed by atoms with van der Waals surface area (Å²) in [5.41, 5.74) is 1.96. The Balaban J connectivity index is 1.93. The Hall–Kier alpha value is -1.46. The molecule has 0 radical (unpaired) electrons. The van der Waals surface area contributed by atoms with E-state index in [1.165, 1.54) is 10.4 Å². The van der Waals surface area contributed by atoms with Gasteiger partial charge in [-0.1, -0.05) is 0 Å². The van der Waals surface area contributed by atoms with Crippen molar-refractivity contribution >= 4 is 28.9 Å². The molecule has 2 aromatic rings. The van der Waals surface area contributed by atoms with Crippen molar-refractivity contribution in [1.82, 2.24) is 0 Å². The standard InChI is InChI=1S/C16H16O3S2/c1-18-12-4-3-10(7-13(12)19-2)16(17)15-8-11-9-20-6-5-14(11)21-15/h3-4,7-8H,5-6,9H2,1-2H3. The van der Waals surface area contributed by atoms with Gasteiger partial charge in [-0.2, -0.15) is 11.8 Å². The molecule has 0 fully saturated rings. The summed E-state index contributed by atoms with van der Waals surface area (Å²) >= 11 is 3.56. The molecule has 0 aliphatic carbocycles. The van der Waals surface area contributed by atoms with Crippen molar-refractivity contribution in [3.63, 3.8) is 0 Å². The number of fused-ring (bicyclic) bond motifs is 1. The highest BCUT2D eigenvalue weighted by Crippen LogP contribution is 2.34. The molecule has 0 N–H and O–H groups in total. The van der Waals surface area contributed by atoms with Crippen LogP contribution in [0.3, 0.4) is 0 Å². The second-order valence-electron chi connectivity index (χ2n) is 4.76. The Morgan fingerprint density at radius 1 is 1.14 bits per heavy atom. The number of ether oxygens (including phenoxy) is 2. The minimum atomic E-state index is 0.0559. The maximum Gasteiger partial charge on any atom is 0.203 e. The first-order chi connectivity index (χ1) is 10.2. The van der Waals surface area contributed by atoms with E-state index in [-0.39, 0.29) is 5.78 Å². The van der Waals surface area contributed by atoms with Gasteiger partial charge in [0.15, 0.2) is 11.5 Å². The van der Waals surface area contributed by atoms with Crippen molar-refractivity contribution in [2.45, 2.75) is 12.2 Å². The van der Waals surface area contributed by atoms with Crippen LogP contribution in [0.15, 0.2) is 24.3 Å². The highest BCUT2D eigenvalue weighted by molar-refractivity contribution is 7.98. The van der Waals surface area contributed by atoms with Crippen LogP contribution in [0, 0.1) is 0 Å². The van der Waals surface area contributed by atoms with Crippen LogP contribution in [0.2, 0.25) is 0 Å². The Kier molecular flexibility index (Phi) is 4.22. The van der Waals surface area contributed by atoms with Crippen molar-refractivity contribution in [1.29, 1.82) is 0 Å². The Morgan fingerprint density at radius 2 is 1.95 bits per heavy atom. The monoisotopic (exact) mass is 320 g/mol. The molecule has 3 rings (SSSR count). The summed E-state index contributed by atoms with van der Waals surface area (Å²) in [6, 6.07) is 7.35. The van der Waals surface area contributed by atoms with Gasteiger partial charge in [0, 0.05) is 16.2 Å². The van der Waals surface area contributed by atoms with Gasteiger partial charge in [-0.25, -0.2) is 0 Å². The number of hydrogen-bond donors (Lipinski definition) is 0. The third-order valence-electron chi connectivity index (χ3n) is 3.50. The number of carbonyl (C=O) groups excluding carboxylic acids is 1. The quantitative estimate of drug-likeness (QED) is 0.803. The molecule has 0 bridgehead atoms. The van der Waals surface area contributed by atoms with Gasteiger partial charge in [-0.15, -0.1) is 11.3 Å². The summed E-state index contributed by atoms with van der Waals surface area (Å²) in [5, 5.41) is 0. The van der Waals surface area contributed by atoms with Crippen molar-refractivity contribution in [3.05, 3.63) is 45.1 Å². The SMILES string of the molecule is COc1ccc(C(=O)c2cc3c(s2)CCSC3)cc1OC. The maximum absolute atomic E-state index is 12.6. The van der Waals surface area contributed by atoms with E-state index in [4.69, 9.17) is 9.47 Å². The molecule has 1 aromatic heterocycles. The van der Waals surface area contributed by atoms with E-state index < -0.39 is 0 Å². The summed E-state index contributed by atoms with van der Waals surface area (Å²) < 4.78 is 10.5. The molecule has 0 atom stereocenters. The molecule has 2 heterocycles. The highest BCUT2D eigenvalue weighted by Gasteiger charge is 2.19. The van der Waals surface area contributed by atoms with Gasteiger partial charge >= 0.3 is 0 Å². The molecule has 110 valence electrons. The Bertz CT molecular complexity index is 653. The maximum atomic E-state index is 12.6. The van der Waals surface area contributed by atoms with Gasteiger partial charge in [-0.3, -0.25) is 4.79 Å². The molecule has 5 heteroatoms. The first-order valence-corrected chi connectivity index (χ1v) is 8.66. The van der Waals surface area contributed by atoms with E-state index in [9.17, 15) is 4.79 Å². The van der Waals surface area contributed by atoms with Crippen LogP contribution in [0.5, 0.6) is 11.5 Å². The van der Waals surface area contributed by atoms with Crippen molar-refractivity contribution < 1.29 is 14.3 Å². The topological polar surface area (TPSA) is 35.5 Å². The summed E-state index contributed by atoms with van der Waals surface area (Å²) in [6.07, 6.45) is 1.07. The molecule has 0 amide bonds. The Labute approximate surface area is 132 Å². The van der Waals surface area contributed by atoms with Gasteiger partial charge in [-0.05, 0) is 42.0 Å². The average Bonchev–Trinajstić information content (AvgIpc) is 2.97. The second-order valence-corrected chi connectivity index (χ2v) is 7.00. The van der Waals surface area contributed by atoms with Gasteiger partial charge < -0.3 is 9.47 Å². The number of thiophene rings is 1. The van der Waals surface area contributed by atoms with Crippen LogP contribution in [-0.2, 0) is 12.2 Å². The molecule has 21 heavy (non-hydrogen) atoms. The number of hydrogen-bond acceptors (Lipinski definition) is 5. The van der Waals surface area contributed by atoms with E-state index in [0.29, 0.717) is 17.1 Å². The predicted molar refractivity (Wildman–Crippen MR) is 87.2 cm³/mol. The third kappa shape index (κ3) is 2.80. The van der Waals surface area contributed by atoms with Crippen LogP contribution in [0.4, 0.5) is 0 Å². The number of thioether (sulfide) groups is 1. The summed E-state index contributed by atoms with van der Waals surface area (Å²) in [7, 11) is 3.16. The normalized spacial score (nSPS) is 13.6. The molecular weight excluding hydrogens is 304 g/mol. The van der Waals surface area contributed by atoms with Crippen molar-refractivity contribution in [3.8, 4) is 11.5 Å². The predicted octanol–water partition coefficient (Wildman–Crippen LogP) is 3.79. The summed E-state index contributed by atoms with van der Waals surface area (Å²) in [6.45, 7) is 0. The van der Waals surface area contributed by atoms with Gasteiger partial charge in [0.1, 0.15) is 0 Å². The number of rotatable bonds is 4. The third-order valence-corrected chi connectivity index (χ3v) is 5.74. The zero-order valence-electron chi connectivity index (χ0n) is 12.0. The summed E-state index contributed by atoms with van der Waals surface area (Å²) in [5.74, 6) is 3.44. The van der Waals surface area contributed by atoms with Gasteiger partial charge in [0.2, 0.25) is 5.78 Å². The highest BCUT2D eigenvalue weighted by atomic mass is 32.2. The fourth-order valence-corrected chi connectivity index (χ4v) is 4.71. The fraction of sp³-hybridized carbons (Fsp3) is 0.312. The molecule has 3 nitrogen and oxygen atoms in total. The minimum Gasteiger partial charge on any atom is -0.493 e. The number of aryl methyl sites for hydroxylation is 1. The molecule has 0 unspecified atom stereocenters. The second kappa shape index (κ2) is 6.12. The van der Waals surface area contributed by atoms with Crippen molar-refractivity contribution in [2.24, 2.45) is 0 Å². The first-order valence-electron chi connectivity index (χ1n) is 6.69. The number of benzene rings is 1. The van der Waals surface area contributed by atoms with E-state index in [1.54, 1.807) is 43.8 Å². The lowest BCUT2D eigenvalue weighted by Gasteiger charge is -2.08. The lowest BCUT2D eigenvalue weighted by atomic mass is 10.1. The summed E-state index contributed by atoms with van der Waals surface area (Å²) in [4.78, 5) is 14.8. The molecule has 0 saturated heterocycles. The van der Waals surface area contributed by atoms with Gasteiger partial charge in [0.05, 0.1) is 19.1 Å². The molecule has 1 aliphatic rings. The van der Waals surface area contributed by atoms with Crippen LogP contribution >= 0.6 is 23.1 Å². The molecule has 0 saturated carbocycles. The van der Waals surface area contributed by atoms with Crippen LogP contribution in [-0.4, -0.2) is 25.8 Å². The Morgan fingerprint density at radius 3 is 2.67 bits per heavy atom. The number of ketones is 1. The molecular formula is C16H16O3S2. The zero-order valence-corrected chi connectivity index (χ0v) is 13.6. The number of methoxy groups -OCH3 is 2. The lowest BCUT2D eigenvalue weighted by Crippen LogP contribution is -2.00. The first kappa shape index (κ1) is 14.5. The molecule has 0 spiro atoms. The van der Waals surface area contributed by atoms with E-state index in [0.717, 1.165) is 22.8 Å². The number of carbonyl (C=O) groups is 1. The van der Waals surface area contributed by atoms with E-state index >= 15 is 0 Å². The largest absolute Gasteiger partial charge is 0.493 e.